The Kier molecular flexibility index (Phi) is 7.24. The Hall–Kier alpha value is -3.69. The van der Waals surface area contributed by atoms with Crippen LogP contribution in [-0.2, 0) is 24.2 Å². The van der Waals surface area contributed by atoms with Gasteiger partial charge in [-0.2, -0.15) is 0 Å². The number of hydrogen-bond donors (Lipinski definition) is 2. The molecule has 2 aromatic heterocycles. The standard InChI is InChI=1S/C24H22ClN5O3S/c1-33-22-12-11-20(27-28-22)26-21(31)15-19-23(32)30(18-5-3-2-4-6-18)24(34)29(19)14-13-16-7-9-17(25)10-8-16/h2-12,32H,13-15H2,1H3,(H,26,27,31). The molecule has 4 aromatic rings. The van der Waals surface area contributed by atoms with Gasteiger partial charge in [0, 0.05) is 17.6 Å². The highest BCUT2D eigenvalue weighted by Crippen LogP contribution is 2.27. The zero-order valence-corrected chi connectivity index (χ0v) is 19.9. The molecular formula is C24H22ClN5O3S. The van der Waals surface area contributed by atoms with Gasteiger partial charge in [0.1, 0.15) is 0 Å². The molecule has 0 aliphatic heterocycles. The van der Waals surface area contributed by atoms with Crippen molar-refractivity contribution < 1.29 is 14.6 Å². The van der Waals surface area contributed by atoms with Gasteiger partial charge < -0.3 is 19.7 Å². The Bertz CT molecular complexity index is 1340. The van der Waals surface area contributed by atoms with Crippen LogP contribution in [0.5, 0.6) is 11.8 Å². The van der Waals surface area contributed by atoms with Crippen LogP contribution in [0.25, 0.3) is 5.69 Å². The molecule has 0 atom stereocenters. The maximum Gasteiger partial charge on any atom is 0.233 e. The SMILES string of the molecule is COc1ccc(NC(=O)Cc2c(O)n(-c3ccccc3)c(=S)n2CCc2ccc(Cl)cc2)nn1. The predicted molar refractivity (Wildman–Crippen MR) is 132 cm³/mol. The molecule has 4 rings (SSSR count). The molecule has 34 heavy (non-hydrogen) atoms. The lowest BCUT2D eigenvalue weighted by molar-refractivity contribution is -0.115. The monoisotopic (exact) mass is 495 g/mol. The number of nitrogens with zero attached hydrogens (tertiary/aromatic N) is 4. The maximum atomic E-state index is 12.8. The van der Waals surface area contributed by atoms with Gasteiger partial charge in [-0.3, -0.25) is 9.36 Å². The van der Waals surface area contributed by atoms with Crippen LogP contribution in [0.2, 0.25) is 5.02 Å². The van der Waals surface area contributed by atoms with Crippen molar-refractivity contribution >= 4 is 35.5 Å². The first-order chi connectivity index (χ1) is 16.5. The molecule has 0 aliphatic carbocycles. The van der Waals surface area contributed by atoms with E-state index in [1.54, 1.807) is 21.3 Å². The van der Waals surface area contributed by atoms with Crippen LogP contribution in [-0.4, -0.2) is 37.5 Å². The number of carbonyl (C=O) groups excluding carboxylic acids is 1. The highest BCUT2D eigenvalue weighted by atomic mass is 35.5. The molecule has 0 radical (unpaired) electrons. The second kappa shape index (κ2) is 10.5. The minimum atomic E-state index is -0.366. The van der Waals surface area contributed by atoms with Gasteiger partial charge in [0.2, 0.25) is 17.7 Å². The second-order valence-corrected chi connectivity index (χ2v) is 8.24. The molecule has 0 spiro atoms. The van der Waals surface area contributed by atoms with Crippen molar-refractivity contribution in [3.05, 3.63) is 87.8 Å². The van der Waals surface area contributed by atoms with Crippen molar-refractivity contribution in [1.82, 2.24) is 19.3 Å². The van der Waals surface area contributed by atoms with E-state index in [4.69, 9.17) is 28.6 Å². The fraction of sp³-hybridized carbons (Fsp3) is 0.167. The number of ether oxygens (including phenoxy) is 1. The number of anilines is 1. The zero-order valence-electron chi connectivity index (χ0n) is 18.3. The molecule has 2 N–H and O–H groups in total. The minimum Gasteiger partial charge on any atom is -0.493 e. The molecule has 0 unspecified atom stereocenters. The number of carbonyl (C=O) groups is 1. The van der Waals surface area contributed by atoms with E-state index in [2.05, 4.69) is 15.5 Å². The minimum absolute atomic E-state index is 0.0803. The summed E-state index contributed by atoms with van der Waals surface area (Å²) in [7, 11) is 1.48. The number of amides is 1. The zero-order chi connectivity index (χ0) is 24.1. The van der Waals surface area contributed by atoms with E-state index in [1.807, 2.05) is 54.6 Å². The molecule has 2 heterocycles. The molecule has 174 valence electrons. The Morgan fingerprint density at radius 2 is 1.82 bits per heavy atom. The third-order valence-electron chi connectivity index (χ3n) is 5.21. The fourth-order valence-corrected chi connectivity index (χ4v) is 4.04. The summed E-state index contributed by atoms with van der Waals surface area (Å²) in [5, 5.41) is 22.2. The molecule has 0 aliphatic rings. The normalized spacial score (nSPS) is 10.8. The number of halogens is 1. The van der Waals surface area contributed by atoms with Crippen LogP contribution >= 0.6 is 23.8 Å². The van der Waals surface area contributed by atoms with Gasteiger partial charge in [-0.15, -0.1) is 10.2 Å². The van der Waals surface area contributed by atoms with E-state index in [1.165, 1.54) is 7.11 Å². The number of aromatic nitrogens is 4. The van der Waals surface area contributed by atoms with E-state index >= 15 is 0 Å². The average molecular weight is 496 g/mol. The molecule has 0 saturated heterocycles. The van der Waals surface area contributed by atoms with E-state index in [0.717, 1.165) is 5.56 Å². The number of para-hydroxylation sites is 1. The molecule has 2 aromatic carbocycles. The summed E-state index contributed by atoms with van der Waals surface area (Å²) in [5.74, 6) is 0.170. The quantitative estimate of drug-likeness (QED) is 0.347. The van der Waals surface area contributed by atoms with Crippen LogP contribution in [0.4, 0.5) is 5.82 Å². The summed E-state index contributed by atoms with van der Waals surface area (Å²) in [6.45, 7) is 0.471. The molecule has 10 heteroatoms. The lowest BCUT2D eigenvalue weighted by Crippen LogP contribution is -2.18. The van der Waals surface area contributed by atoms with E-state index in [0.29, 0.717) is 40.0 Å². The Labute approximate surface area is 206 Å². The number of imidazole rings is 1. The van der Waals surface area contributed by atoms with E-state index in [9.17, 15) is 9.90 Å². The number of aromatic hydroxyl groups is 1. The van der Waals surface area contributed by atoms with Crippen LogP contribution in [0.15, 0.2) is 66.7 Å². The highest BCUT2D eigenvalue weighted by Gasteiger charge is 2.21. The van der Waals surface area contributed by atoms with Gasteiger partial charge in [0.15, 0.2) is 10.6 Å². The molecule has 0 fully saturated rings. The first-order valence-electron chi connectivity index (χ1n) is 10.5. The molecule has 0 bridgehead atoms. The number of aryl methyl sites for hydroxylation is 1. The van der Waals surface area contributed by atoms with Crippen molar-refractivity contribution in [3.8, 4) is 17.4 Å². The first kappa shape index (κ1) is 23.5. The number of nitrogens with one attached hydrogen (secondary N) is 1. The van der Waals surface area contributed by atoms with Crippen LogP contribution in [0, 0.1) is 4.77 Å². The van der Waals surface area contributed by atoms with Crippen molar-refractivity contribution in [2.75, 3.05) is 12.4 Å². The number of hydrogen-bond acceptors (Lipinski definition) is 6. The summed E-state index contributed by atoms with van der Waals surface area (Å²) in [4.78, 5) is 12.8. The maximum absolute atomic E-state index is 12.8. The predicted octanol–water partition coefficient (Wildman–Crippen LogP) is 4.59. The Balaban J connectivity index is 1.63. The van der Waals surface area contributed by atoms with Crippen LogP contribution in [0.3, 0.4) is 0 Å². The fourth-order valence-electron chi connectivity index (χ4n) is 3.52. The average Bonchev–Trinajstić information content (AvgIpc) is 3.08. The summed E-state index contributed by atoms with van der Waals surface area (Å²) in [6.07, 6.45) is 0.534. The smallest absolute Gasteiger partial charge is 0.233 e. The summed E-state index contributed by atoms with van der Waals surface area (Å²) in [5.41, 5.74) is 2.17. The van der Waals surface area contributed by atoms with Crippen molar-refractivity contribution in [2.45, 2.75) is 19.4 Å². The molecular weight excluding hydrogens is 474 g/mol. The Morgan fingerprint density at radius 1 is 1.09 bits per heavy atom. The van der Waals surface area contributed by atoms with Crippen LogP contribution in [0.1, 0.15) is 11.3 Å². The number of methoxy groups -OCH3 is 1. The Morgan fingerprint density at radius 3 is 2.47 bits per heavy atom. The summed E-state index contributed by atoms with van der Waals surface area (Å²) < 4.78 is 8.72. The van der Waals surface area contributed by atoms with E-state index < -0.39 is 0 Å². The summed E-state index contributed by atoms with van der Waals surface area (Å²) in [6, 6.07) is 20.0. The third kappa shape index (κ3) is 5.27. The van der Waals surface area contributed by atoms with Crippen molar-refractivity contribution in [1.29, 1.82) is 0 Å². The van der Waals surface area contributed by atoms with Gasteiger partial charge >= 0.3 is 0 Å². The van der Waals surface area contributed by atoms with Crippen LogP contribution < -0.4 is 10.1 Å². The van der Waals surface area contributed by atoms with Gasteiger partial charge in [-0.05, 0) is 54.5 Å². The molecule has 0 saturated carbocycles. The topological polar surface area (TPSA) is 94.2 Å². The highest BCUT2D eigenvalue weighted by molar-refractivity contribution is 7.71. The lowest BCUT2D eigenvalue weighted by Gasteiger charge is -2.09. The lowest BCUT2D eigenvalue weighted by atomic mass is 10.1. The van der Waals surface area contributed by atoms with Gasteiger partial charge in [-0.1, -0.05) is 41.9 Å². The molecule has 1 amide bonds. The third-order valence-corrected chi connectivity index (χ3v) is 5.87. The largest absolute Gasteiger partial charge is 0.493 e. The van der Waals surface area contributed by atoms with E-state index in [-0.39, 0.29) is 24.0 Å². The molecule has 8 nitrogen and oxygen atoms in total. The van der Waals surface area contributed by atoms with Gasteiger partial charge in [-0.25, -0.2) is 0 Å². The second-order valence-electron chi connectivity index (χ2n) is 7.44. The van der Waals surface area contributed by atoms with Crippen molar-refractivity contribution in [2.24, 2.45) is 0 Å². The van der Waals surface area contributed by atoms with Gasteiger partial charge in [0.25, 0.3) is 0 Å². The van der Waals surface area contributed by atoms with Crippen molar-refractivity contribution in [3.63, 3.8) is 0 Å². The van der Waals surface area contributed by atoms with Gasteiger partial charge in [0.05, 0.1) is 24.9 Å². The number of benzene rings is 2. The first-order valence-corrected chi connectivity index (χ1v) is 11.3. The number of rotatable bonds is 8. The summed E-state index contributed by atoms with van der Waals surface area (Å²) >= 11 is 11.7.